The van der Waals surface area contributed by atoms with Crippen LogP contribution >= 0.6 is 11.3 Å². The molecule has 1 atom stereocenters. The van der Waals surface area contributed by atoms with E-state index in [4.69, 9.17) is 9.47 Å². The molecule has 170 valence electrons. The van der Waals surface area contributed by atoms with Crippen LogP contribution in [0.15, 0.2) is 42.5 Å². The van der Waals surface area contributed by atoms with E-state index in [0.29, 0.717) is 35.3 Å². The molecule has 3 amide bonds. The van der Waals surface area contributed by atoms with Gasteiger partial charge in [0.25, 0.3) is 5.91 Å². The average Bonchev–Trinajstić information content (AvgIpc) is 3.58. The number of hydrogen-bond acceptors (Lipinski definition) is 7. The summed E-state index contributed by atoms with van der Waals surface area (Å²) in [5.41, 5.74) is 1.36. The summed E-state index contributed by atoms with van der Waals surface area (Å²) in [6.45, 7) is 1.03. The molecule has 2 N–H and O–H groups in total. The zero-order valence-corrected chi connectivity index (χ0v) is 18.2. The van der Waals surface area contributed by atoms with Gasteiger partial charge in [-0.3, -0.25) is 4.79 Å². The zero-order chi connectivity index (χ0) is 22.8. The molecule has 2 aliphatic heterocycles. The van der Waals surface area contributed by atoms with Crippen molar-refractivity contribution >= 4 is 29.0 Å². The van der Waals surface area contributed by atoms with Gasteiger partial charge in [-0.2, -0.15) is 0 Å². The number of fused-ring (bicyclic) bond motifs is 1. The number of benzene rings is 2. The van der Waals surface area contributed by atoms with E-state index in [1.807, 2.05) is 0 Å². The third-order valence-electron chi connectivity index (χ3n) is 5.42. The Morgan fingerprint density at radius 1 is 1.12 bits per heavy atom. The van der Waals surface area contributed by atoms with Crippen molar-refractivity contribution in [2.75, 3.05) is 18.7 Å². The Kier molecular flexibility index (Phi) is 5.78. The van der Waals surface area contributed by atoms with Gasteiger partial charge in [0.05, 0.1) is 6.04 Å². The summed E-state index contributed by atoms with van der Waals surface area (Å²) >= 11 is 1.17. The van der Waals surface area contributed by atoms with Gasteiger partial charge in [-0.05, 0) is 42.7 Å². The van der Waals surface area contributed by atoms with Crippen LogP contribution in [0.3, 0.4) is 0 Å². The first-order valence-electron chi connectivity index (χ1n) is 10.4. The number of carbonyl (C=O) groups excluding carboxylic acids is 2. The minimum atomic E-state index is -0.386. The summed E-state index contributed by atoms with van der Waals surface area (Å²) in [6, 6.07) is 10.6. The molecule has 0 unspecified atom stereocenters. The predicted molar refractivity (Wildman–Crippen MR) is 118 cm³/mol. The van der Waals surface area contributed by atoms with Crippen LogP contribution in [0.25, 0.3) is 0 Å². The van der Waals surface area contributed by atoms with Gasteiger partial charge in [0.1, 0.15) is 10.8 Å². The van der Waals surface area contributed by atoms with Crippen molar-refractivity contribution in [3.63, 3.8) is 0 Å². The van der Waals surface area contributed by atoms with E-state index in [-0.39, 0.29) is 35.6 Å². The Morgan fingerprint density at radius 3 is 2.79 bits per heavy atom. The highest BCUT2D eigenvalue weighted by Gasteiger charge is 2.33. The average molecular weight is 469 g/mol. The predicted octanol–water partition coefficient (Wildman–Crippen LogP) is 3.70. The van der Waals surface area contributed by atoms with Crippen LogP contribution in [0, 0.1) is 5.82 Å². The van der Waals surface area contributed by atoms with Gasteiger partial charge in [-0.25, -0.2) is 9.18 Å². The first kappa shape index (κ1) is 21.1. The quantitative estimate of drug-likeness (QED) is 0.590. The van der Waals surface area contributed by atoms with Crippen molar-refractivity contribution in [1.82, 2.24) is 20.4 Å². The lowest BCUT2D eigenvalue weighted by atomic mass is 10.2. The van der Waals surface area contributed by atoms with Gasteiger partial charge in [-0.15, -0.1) is 10.2 Å². The number of hydrogen-bond donors (Lipinski definition) is 2. The first-order chi connectivity index (χ1) is 16.1. The SMILES string of the molecule is O=C(Nc1ccc2c(c1)OCO2)c1nnc([C@@H]2CCCN2C(=O)NCc2ccc(F)cc2)s1. The number of nitrogens with zero attached hydrogens (tertiary/aromatic N) is 3. The van der Waals surface area contributed by atoms with Crippen LogP contribution in [0.2, 0.25) is 0 Å². The fraction of sp³-hybridized carbons (Fsp3) is 0.273. The molecule has 0 bridgehead atoms. The summed E-state index contributed by atoms with van der Waals surface area (Å²) in [5.74, 6) is 0.492. The molecule has 5 rings (SSSR count). The lowest BCUT2D eigenvalue weighted by Gasteiger charge is -2.23. The van der Waals surface area contributed by atoms with Gasteiger partial charge in [0.15, 0.2) is 11.5 Å². The van der Waals surface area contributed by atoms with Crippen molar-refractivity contribution in [3.8, 4) is 11.5 Å². The molecule has 1 saturated heterocycles. The van der Waals surface area contributed by atoms with Crippen LogP contribution < -0.4 is 20.1 Å². The minimum Gasteiger partial charge on any atom is -0.454 e. The zero-order valence-electron chi connectivity index (χ0n) is 17.4. The maximum Gasteiger partial charge on any atom is 0.318 e. The second kappa shape index (κ2) is 9.02. The molecule has 2 aromatic carbocycles. The molecule has 2 aliphatic rings. The molecule has 0 aliphatic carbocycles. The maximum absolute atomic E-state index is 13.1. The van der Waals surface area contributed by atoms with Gasteiger partial charge in [-0.1, -0.05) is 23.5 Å². The molecule has 0 spiro atoms. The first-order valence-corrected chi connectivity index (χ1v) is 11.2. The normalized spacial score (nSPS) is 16.6. The molecular weight excluding hydrogens is 449 g/mol. The number of ether oxygens (including phenoxy) is 2. The molecule has 3 aromatic rings. The third kappa shape index (κ3) is 4.58. The van der Waals surface area contributed by atoms with Gasteiger partial charge in [0, 0.05) is 24.8 Å². The summed E-state index contributed by atoms with van der Waals surface area (Å²) in [5, 5.41) is 14.7. The summed E-state index contributed by atoms with van der Waals surface area (Å²) < 4.78 is 23.7. The summed E-state index contributed by atoms with van der Waals surface area (Å²) in [4.78, 5) is 27.1. The van der Waals surface area contributed by atoms with E-state index in [2.05, 4.69) is 20.8 Å². The second-order valence-corrected chi connectivity index (χ2v) is 8.61. The van der Waals surface area contributed by atoms with Crippen LogP contribution in [0.4, 0.5) is 14.9 Å². The number of rotatable bonds is 5. The number of carbonyl (C=O) groups is 2. The smallest absolute Gasteiger partial charge is 0.318 e. The third-order valence-corrected chi connectivity index (χ3v) is 6.44. The van der Waals surface area contributed by atoms with E-state index < -0.39 is 0 Å². The van der Waals surface area contributed by atoms with Crippen molar-refractivity contribution in [2.24, 2.45) is 0 Å². The Bertz CT molecular complexity index is 1190. The van der Waals surface area contributed by atoms with Crippen molar-refractivity contribution in [2.45, 2.75) is 25.4 Å². The van der Waals surface area contributed by atoms with Crippen LogP contribution in [-0.2, 0) is 6.54 Å². The second-order valence-electron chi connectivity index (χ2n) is 7.60. The van der Waals surface area contributed by atoms with Crippen molar-refractivity contribution in [3.05, 3.63) is 63.9 Å². The van der Waals surface area contributed by atoms with Crippen LogP contribution in [0.1, 0.15) is 39.3 Å². The highest BCUT2D eigenvalue weighted by molar-refractivity contribution is 7.13. The maximum atomic E-state index is 13.1. The number of likely N-dealkylation sites (tertiary alicyclic amines) is 1. The molecule has 1 aromatic heterocycles. The fourth-order valence-corrected chi connectivity index (χ4v) is 4.65. The largest absolute Gasteiger partial charge is 0.454 e. The van der Waals surface area contributed by atoms with E-state index in [1.54, 1.807) is 35.2 Å². The van der Waals surface area contributed by atoms with Gasteiger partial charge in [0.2, 0.25) is 11.8 Å². The number of anilines is 1. The Balaban J connectivity index is 1.22. The van der Waals surface area contributed by atoms with Crippen LogP contribution in [-0.4, -0.2) is 40.4 Å². The molecule has 3 heterocycles. The van der Waals surface area contributed by atoms with Gasteiger partial charge >= 0.3 is 6.03 Å². The number of urea groups is 1. The number of nitrogens with one attached hydrogen (secondary N) is 2. The van der Waals surface area contributed by atoms with E-state index in [9.17, 15) is 14.0 Å². The summed E-state index contributed by atoms with van der Waals surface area (Å²) in [7, 11) is 0. The molecule has 0 saturated carbocycles. The van der Waals surface area contributed by atoms with Crippen molar-refractivity contribution < 1.29 is 23.5 Å². The lowest BCUT2D eigenvalue weighted by molar-refractivity contribution is 0.102. The Labute approximate surface area is 192 Å². The van der Waals surface area contributed by atoms with Gasteiger partial charge < -0.3 is 25.0 Å². The van der Waals surface area contributed by atoms with E-state index in [0.717, 1.165) is 18.4 Å². The molecule has 9 nitrogen and oxygen atoms in total. The van der Waals surface area contributed by atoms with E-state index in [1.165, 1.54) is 23.5 Å². The van der Waals surface area contributed by atoms with Crippen molar-refractivity contribution in [1.29, 1.82) is 0 Å². The Morgan fingerprint density at radius 2 is 1.94 bits per heavy atom. The summed E-state index contributed by atoms with van der Waals surface area (Å²) in [6.07, 6.45) is 1.56. The Hall–Kier alpha value is -3.73. The fourth-order valence-electron chi connectivity index (χ4n) is 3.77. The molecule has 11 heteroatoms. The standard InChI is InChI=1S/C22H20FN5O4S/c23-14-5-3-13(4-6-14)11-24-22(30)28-9-1-2-16(28)20-26-27-21(33-20)19(29)25-15-7-8-17-18(10-15)32-12-31-17/h3-8,10,16H,1-2,9,11-12H2,(H,24,30)(H,25,29)/t16-/m0/s1. The highest BCUT2D eigenvalue weighted by Crippen LogP contribution is 2.35. The number of aromatic nitrogens is 2. The van der Waals surface area contributed by atoms with Crippen LogP contribution in [0.5, 0.6) is 11.5 Å². The monoisotopic (exact) mass is 469 g/mol. The number of halogens is 1. The lowest BCUT2D eigenvalue weighted by Crippen LogP contribution is -2.39. The molecular formula is C22H20FN5O4S. The molecule has 0 radical (unpaired) electrons. The molecule has 33 heavy (non-hydrogen) atoms. The minimum absolute atomic E-state index is 0.155. The topological polar surface area (TPSA) is 106 Å². The molecule has 1 fully saturated rings. The van der Waals surface area contributed by atoms with E-state index >= 15 is 0 Å². The number of amides is 3. The highest BCUT2D eigenvalue weighted by atomic mass is 32.1.